The van der Waals surface area contributed by atoms with Gasteiger partial charge in [-0.15, -0.1) is 0 Å². The number of hydrogen-bond acceptors (Lipinski definition) is 4. The summed E-state index contributed by atoms with van der Waals surface area (Å²) in [6.45, 7) is 0.447. The van der Waals surface area contributed by atoms with Crippen molar-refractivity contribution >= 4 is 17.6 Å². The van der Waals surface area contributed by atoms with Crippen LogP contribution < -0.4 is 11.1 Å². The van der Waals surface area contributed by atoms with E-state index in [4.69, 9.17) is 5.73 Å². The van der Waals surface area contributed by atoms with E-state index in [1.807, 2.05) is 0 Å². The van der Waals surface area contributed by atoms with E-state index >= 15 is 0 Å². The van der Waals surface area contributed by atoms with Gasteiger partial charge in [-0.25, -0.2) is 9.18 Å². The maximum absolute atomic E-state index is 13.8. The number of nitrogens with two attached hydrogens (primary N) is 1. The minimum Gasteiger partial charge on any atom is -0.465 e. The SMILES string of the molecule is COC(=O)c1ccc(F)c(NC(=O)C2CCCC2CN)c1. The maximum Gasteiger partial charge on any atom is 0.337 e. The minimum absolute atomic E-state index is 0.00873. The summed E-state index contributed by atoms with van der Waals surface area (Å²) in [5.74, 6) is -1.47. The molecule has 1 aromatic rings. The van der Waals surface area contributed by atoms with E-state index < -0.39 is 11.8 Å². The van der Waals surface area contributed by atoms with E-state index in [-0.39, 0.29) is 29.0 Å². The van der Waals surface area contributed by atoms with Crippen molar-refractivity contribution in [3.63, 3.8) is 0 Å². The van der Waals surface area contributed by atoms with Crippen molar-refractivity contribution in [3.05, 3.63) is 29.6 Å². The number of anilines is 1. The Bertz CT molecular complexity index is 548. The summed E-state index contributed by atoms with van der Waals surface area (Å²) < 4.78 is 18.4. The van der Waals surface area contributed by atoms with Gasteiger partial charge in [0.25, 0.3) is 0 Å². The number of amides is 1. The standard InChI is InChI=1S/C15H19FN2O3/c1-21-15(20)9-5-6-12(16)13(7-9)18-14(19)11-4-2-3-10(11)8-17/h5-7,10-11H,2-4,8,17H2,1H3,(H,18,19). The highest BCUT2D eigenvalue weighted by atomic mass is 19.1. The highest BCUT2D eigenvalue weighted by Crippen LogP contribution is 2.32. The average molecular weight is 294 g/mol. The molecule has 0 spiro atoms. The molecule has 3 N–H and O–H groups in total. The normalized spacial score (nSPS) is 21.1. The molecule has 2 unspecified atom stereocenters. The number of halogens is 1. The molecule has 1 saturated carbocycles. The van der Waals surface area contributed by atoms with E-state index in [0.717, 1.165) is 25.3 Å². The summed E-state index contributed by atoms with van der Waals surface area (Å²) in [6, 6.07) is 3.73. The van der Waals surface area contributed by atoms with Gasteiger partial charge in [-0.1, -0.05) is 6.42 Å². The third-order valence-corrected chi connectivity index (χ3v) is 3.94. The van der Waals surface area contributed by atoms with Crippen LogP contribution in [0.2, 0.25) is 0 Å². The number of carbonyl (C=O) groups excluding carboxylic acids is 2. The number of esters is 1. The summed E-state index contributed by atoms with van der Waals surface area (Å²) in [7, 11) is 1.24. The summed E-state index contributed by atoms with van der Waals surface area (Å²) in [4.78, 5) is 23.7. The van der Waals surface area contributed by atoms with Crippen LogP contribution >= 0.6 is 0 Å². The third-order valence-electron chi connectivity index (χ3n) is 3.94. The van der Waals surface area contributed by atoms with E-state index in [2.05, 4.69) is 10.1 Å². The van der Waals surface area contributed by atoms with E-state index in [9.17, 15) is 14.0 Å². The van der Waals surface area contributed by atoms with Gasteiger partial charge in [0.2, 0.25) is 5.91 Å². The van der Waals surface area contributed by atoms with Gasteiger partial charge in [-0.05, 0) is 43.5 Å². The summed E-state index contributed by atoms with van der Waals surface area (Å²) in [5.41, 5.74) is 5.83. The number of methoxy groups -OCH3 is 1. The minimum atomic E-state index is -0.585. The number of hydrogen-bond donors (Lipinski definition) is 2. The zero-order valence-electron chi connectivity index (χ0n) is 11.9. The molecule has 0 radical (unpaired) electrons. The van der Waals surface area contributed by atoms with Crippen LogP contribution in [0.4, 0.5) is 10.1 Å². The van der Waals surface area contributed by atoms with Crippen molar-refractivity contribution in [3.8, 4) is 0 Å². The molecule has 1 aliphatic carbocycles. The van der Waals surface area contributed by atoms with Gasteiger partial charge in [0.05, 0.1) is 18.4 Å². The fourth-order valence-corrected chi connectivity index (χ4v) is 2.76. The van der Waals surface area contributed by atoms with Crippen LogP contribution in [0.3, 0.4) is 0 Å². The van der Waals surface area contributed by atoms with Gasteiger partial charge in [0, 0.05) is 5.92 Å². The predicted octanol–water partition coefficient (Wildman–Crippen LogP) is 1.93. The Labute approximate surface area is 122 Å². The molecule has 2 atom stereocenters. The summed E-state index contributed by atoms with van der Waals surface area (Å²) in [5, 5.41) is 2.56. The quantitative estimate of drug-likeness (QED) is 0.831. The summed E-state index contributed by atoms with van der Waals surface area (Å²) in [6.07, 6.45) is 2.62. The number of benzene rings is 1. The Morgan fingerprint density at radius 3 is 2.86 bits per heavy atom. The topological polar surface area (TPSA) is 81.4 Å². The largest absolute Gasteiger partial charge is 0.465 e. The molecule has 0 aromatic heterocycles. The van der Waals surface area contributed by atoms with Crippen LogP contribution in [0.5, 0.6) is 0 Å². The highest BCUT2D eigenvalue weighted by Gasteiger charge is 2.32. The van der Waals surface area contributed by atoms with Gasteiger partial charge >= 0.3 is 5.97 Å². The Hall–Kier alpha value is -1.95. The third kappa shape index (κ3) is 3.39. The fraction of sp³-hybridized carbons (Fsp3) is 0.467. The number of carbonyl (C=O) groups is 2. The molecule has 5 nitrogen and oxygen atoms in total. The fourth-order valence-electron chi connectivity index (χ4n) is 2.76. The number of nitrogens with one attached hydrogen (secondary N) is 1. The van der Waals surface area contributed by atoms with E-state index in [1.165, 1.54) is 19.2 Å². The lowest BCUT2D eigenvalue weighted by Gasteiger charge is -2.17. The molecular formula is C15H19FN2O3. The number of ether oxygens (including phenoxy) is 1. The molecular weight excluding hydrogens is 275 g/mol. The average Bonchev–Trinajstić information content (AvgIpc) is 2.97. The Morgan fingerprint density at radius 2 is 2.19 bits per heavy atom. The molecule has 21 heavy (non-hydrogen) atoms. The van der Waals surface area contributed by atoms with Gasteiger partial charge in [0.15, 0.2) is 0 Å². The first kappa shape index (κ1) is 15.4. The Kier molecular flexibility index (Phi) is 4.90. The Balaban J connectivity index is 2.15. The van der Waals surface area contributed by atoms with Gasteiger partial charge in [-0.2, -0.15) is 0 Å². The first-order valence-corrected chi connectivity index (χ1v) is 6.95. The van der Waals surface area contributed by atoms with Gasteiger partial charge in [0.1, 0.15) is 5.82 Å². The zero-order valence-corrected chi connectivity index (χ0v) is 11.9. The van der Waals surface area contributed by atoms with Crippen molar-refractivity contribution in [2.75, 3.05) is 19.0 Å². The first-order chi connectivity index (χ1) is 10.1. The summed E-state index contributed by atoms with van der Waals surface area (Å²) >= 11 is 0. The van der Waals surface area contributed by atoms with Crippen LogP contribution in [0.1, 0.15) is 29.6 Å². The van der Waals surface area contributed by atoms with Gasteiger partial charge < -0.3 is 15.8 Å². The lowest BCUT2D eigenvalue weighted by atomic mass is 9.95. The molecule has 2 rings (SSSR count). The molecule has 0 heterocycles. The van der Waals surface area contributed by atoms with Crippen LogP contribution in [0.15, 0.2) is 18.2 Å². The second-order valence-electron chi connectivity index (χ2n) is 5.21. The molecule has 0 bridgehead atoms. The van der Waals surface area contributed by atoms with Crippen LogP contribution in [-0.2, 0) is 9.53 Å². The Morgan fingerprint density at radius 1 is 1.43 bits per heavy atom. The second kappa shape index (κ2) is 6.67. The lowest BCUT2D eigenvalue weighted by Crippen LogP contribution is -2.30. The monoisotopic (exact) mass is 294 g/mol. The van der Waals surface area contributed by atoms with Gasteiger partial charge in [-0.3, -0.25) is 4.79 Å². The van der Waals surface area contributed by atoms with Crippen molar-refractivity contribution in [1.29, 1.82) is 0 Å². The molecule has 1 aliphatic rings. The second-order valence-corrected chi connectivity index (χ2v) is 5.21. The van der Waals surface area contributed by atoms with Crippen molar-refractivity contribution in [1.82, 2.24) is 0 Å². The molecule has 1 amide bonds. The molecule has 6 heteroatoms. The zero-order chi connectivity index (χ0) is 15.4. The molecule has 1 aromatic carbocycles. The lowest BCUT2D eigenvalue weighted by molar-refractivity contribution is -0.120. The predicted molar refractivity (Wildman–Crippen MR) is 76.3 cm³/mol. The molecule has 0 aliphatic heterocycles. The highest BCUT2D eigenvalue weighted by molar-refractivity contribution is 5.95. The van der Waals surface area contributed by atoms with Crippen LogP contribution in [0.25, 0.3) is 0 Å². The maximum atomic E-state index is 13.8. The molecule has 0 saturated heterocycles. The number of rotatable bonds is 4. The van der Waals surface area contributed by atoms with Crippen LogP contribution in [0, 0.1) is 17.7 Å². The van der Waals surface area contributed by atoms with Crippen molar-refractivity contribution in [2.24, 2.45) is 17.6 Å². The smallest absolute Gasteiger partial charge is 0.337 e. The van der Waals surface area contributed by atoms with Crippen molar-refractivity contribution < 1.29 is 18.7 Å². The van der Waals surface area contributed by atoms with Crippen LogP contribution in [-0.4, -0.2) is 25.5 Å². The molecule has 1 fully saturated rings. The molecule has 114 valence electrons. The van der Waals surface area contributed by atoms with E-state index in [0.29, 0.717) is 6.54 Å². The first-order valence-electron chi connectivity index (χ1n) is 6.95. The van der Waals surface area contributed by atoms with Crippen molar-refractivity contribution in [2.45, 2.75) is 19.3 Å². The van der Waals surface area contributed by atoms with E-state index in [1.54, 1.807) is 0 Å².